The fourth-order valence-electron chi connectivity index (χ4n) is 1.82. The highest BCUT2D eigenvalue weighted by Gasteiger charge is 2.06. The second-order valence-electron chi connectivity index (χ2n) is 4.72. The first kappa shape index (κ1) is 19.4. The summed E-state index contributed by atoms with van der Waals surface area (Å²) < 4.78 is 0. The van der Waals surface area contributed by atoms with Crippen LogP contribution in [0.3, 0.4) is 0 Å². The van der Waals surface area contributed by atoms with Crippen molar-refractivity contribution in [1.82, 2.24) is 29.9 Å². The Hall–Kier alpha value is -1.88. The van der Waals surface area contributed by atoms with Gasteiger partial charge in [-0.3, -0.25) is 0 Å². The van der Waals surface area contributed by atoms with Crippen LogP contribution in [-0.4, -0.2) is 61.5 Å². The van der Waals surface area contributed by atoms with Gasteiger partial charge in [-0.25, -0.2) is 4.98 Å². The van der Waals surface area contributed by atoms with E-state index in [9.17, 15) is 0 Å². The summed E-state index contributed by atoms with van der Waals surface area (Å²) in [5.41, 5.74) is 0. The summed E-state index contributed by atoms with van der Waals surface area (Å²) >= 11 is 3.17. The molecule has 2 aromatic rings. The summed E-state index contributed by atoms with van der Waals surface area (Å²) in [7, 11) is 1.79. The number of rotatable bonds is 10. The molecule has 0 radical (unpaired) electrons. The highest BCUT2D eigenvalue weighted by molar-refractivity contribution is 7.99. The van der Waals surface area contributed by atoms with Gasteiger partial charge in [0.2, 0.25) is 17.8 Å². The van der Waals surface area contributed by atoms with Crippen LogP contribution in [-0.2, 0) is 0 Å². The molecule has 0 unspecified atom stereocenters. The lowest BCUT2D eigenvalue weighted by Gasteiger charge is -2.09. The minimum absolute atomic E-state index is 0.547. The van der Waals surface area contributed by atoms with Crippen LogP contribution in [0.2, 0.25) is 0 Å². The summed E-state index contributed by atoms with van der Waals surface area (Å²) in [5, 5.41) is 10.8. The molecule has 2 heterocycles. The predicted molar refractivity (Wildman–Crippen MR) is 104 cm³/mol. The fraction of sp³-hybridized carbons (Fsp3) is 0.571. The number of aromatic nitrogens is 6. The molecule has 0 aliphatic rings. The Morgan fingerprint density at radius 1 is 0.720 bits per heavy atom. The van der Waals surface area contributed by atoms with Gasteiger partial charge < -0.3 is 16.0 Å². The maximum absolute atomic E-state index is 4.39. The van der Waals surface area contributed by atoms with E-state index in [1.165, 1.54) is 0 Å². The molecule has 0 saturated heterocycles. The zero-order valence-electron chi connectivity index (χ0n) is 14.8. The molecule has 3 N–H and O–H groups in total. The number of aryl methyl sites for hydroxylation is 1. The van der Waals surface area contributed by atoms with E-state index < -0.39 is 0 Å². The van der Waals surface area contributed by atoms with E-state index in [0.29, 0.717) is 41.9 Å². The van der Waals surface area contributed by atoms with Crippen molar-refractivity contribution in [2.24, 2.45) is 0 Å². The van der Waals surface area contributed by atoms with Crippen molar-refractivity contribution in [3.05, 3.63) is 5.82 Å². The highest BCUT2D eigenvalue weighted by atomic mass is 32.2. The molecule has 2 rings (SSSR count). The maximum Gasteiger partial charge on any atom is 0.228 e. The van der Waals surface area contributed by atoms with Gasteiger partial charge in [-0.2, -0.15) is 24.9 Å². The fourth-order valence-corrected chi connectivity index (χ4v) is 2.99. The van der Waals surface area contributed by atoms with Crippen molar-refractivity contribution in [2.75, 3.05) is 47.6 Å². The smallest absolute Gasteiger partial charge is 0.228 e. The van der Waals surface area contributed by atoms with Gasteiger partial charge in [-0.05, 0) is 18.4 Å². The molecule has 0 fully saturated rings. The summed E-state index contributed by atoms with van der Waals surface area (Å²) in [6.45, 7) is 7.26. The second-order valence-corrected chi connectivity index (χ2v) is 7.19. The third-order valence-electron chi connectivity index (χ3n) is 2.80. The third kappa shape index (κ3) is 6.50. The lowest BCUT2D eigenvalue weighted by Crippen LogP contribution is -2.18. The van der Waals surface area contributed by atoms with Crippen molar-refractivity contribution in [3.63, 3.8) is 0 Å². The molecule has 0 amide bonds. The Morgan fingerprint density at radius 3 is 1.80 bits per heavy atom. The van der Waals surface area contributed by atoms with Crippen LogP contribution in [0.5, 0.6) is 0 Å². The molecular formula is C14H23N9S2. The summed E-state index contributed by atoms with van der Waals surface area (Å²) in [5.74, 6) is 4.22. The molecule has 9 nitrogen and oxygen atoms in total. The first-order valence-electron chi connectivity index (χ1n) is 8.04. The van der Waals surface area contributed by atoms with Crippen LogP contribution in [0.25, 0.3) is 0 Å². The van der Waals surface area contributed by atoms with E-state index in [0.717, 1.165) is 16.7 Å². The minimum Gasteiger partial charge on any atom is -0.357 e. The van der Waals surface area contributed by atoms with Gasteiger partial charge in [0.05, 0.1) is 0 Å². The molecule has 136 valence electrons. The molecule has 2 aromatic heterocycles. The standard InChI is InChI=1S/C14H23N9S2/c1-5-24-13-19-9(3)18-11(22-13)16-7-8-17-12-20-10(15-4)21-14(23-12)25-6-2/h5-8H2,1-4H3,(H,16,18,19,22)(H2,15,17,20,21,23). The van der Waals surface area contributed by atoms with Gasteiger partial charge in [-0.15, -0.1) is 0 Å². The molecule has 0 spiro atoms. The van der Waals surface area contributed by atoms with Crippen LogP contribution in [0, 0.1) is 6.92 Å². The monoisotopic (exact) mass is 381 g/mol. The van der Waals surface area contributed by atoms with E-state index in [1.54, 1.807) is 30.6 Å². The van der Waals surface area contributed by atoms with Gasteiger partial charge in [0, 0.05) is 20.1 Å². The number of anilines is 3. The van der Waals surface area contributed by atoms with Gasteiger partial charge >= 0.3 is 0 Å². The number of hydrogen-bond donors (Lipinski definition) is 3. The summed E-state index contributed by atoms with van der Waals surface area (Å²) in [4.78, 5) is 26.0. The molecule has 11 heteroatoms. The molecule has 0 aliphatic carbocycles. The van der Waals surface area contributed by atoms with Crippen LogP contribution in [0.15, 0.2) is 10.3 Å². The molecule has 0 aromatic carbocycles. The van der Waals surface area contributed by atoms with E-state index in [4.69, 9.17) is 0 Å². The van der Waals surface area contributed by atoms with Crippen molar-refractivity contribution in [2.45, 2.75) is 31.1 Å². The van der Waals surface area contributed by atoms with Crippen LogP contribution in [0.1, 0.15) is 19.7 Å². The normalized spacial score (nSPS) is 10.6. The van der Waals surface area contributed by atoms with Crippen LogP contribution in [0.4, 0.5) is 17.8 Å². The molecular weight excluding hydrogens is 358 g/mol. The van der Waals surface area contributed by atoms with Gasteiger partial charge in [-0.1, -0.05) is 37.4 Å². The minimum atomic E-state index is 0.547. The number of thioether (sulfide) groups is 2. The van der Waals surface area contributed by atoms with Crippen LogP contribution < -0.4 is 16.0 Å². The maximum atomic E-state index is 4.39. The number of nitrogens with one attached hydrogen (secondary N) is 3. The first-order chi connectivity index (χ1) is 12.1. The Balaban J connectivity index is 1.89. The molecule has 0 bridgehead atoms. The average molecular weight is 382 g/mol. The first-order valence-corrected chi connectivity index (χ1v) is 10.0. The average Bonchev–Trinajstić information content (AvgIpc) is 2.59. The van der Waals surface area contributed by atoms with E-state index in [2.05, 4.69) is 59.7 Å². The molecule has 0 aliphatic heterocycles. The lowest BCUT2D eigenvalue weighted by atomic mass is 10.6. The molecule has 0 atom stereocenters. The van der Waals surface area contributed by atoms with E-state index in [1.807, 2.05) is 6.92 Å². The van der Waals surface area contributed by atoms with E-state index >= 15 is 0 Å². The predicted octanol–water partition coefficient (Wildman–Crippen LogP) is 2.15. The lowest BCUT2D eigenvalue weighted by molar-refractivity contribution is 0.849. The third-order valence-corrected chi connectivity index (χ3v) is 4.26. The zero-order valence-corrected chi connectivity index (χ0v) is 16.5. The summed E-state index contributed by atoms with van der Waals surface area (Å²) in [6.07, 6.45) is 0. The Kier molecular flexibility index (Phi) is 7.92. The Morgan fingerprint density at radius 2 is 1.24 bits per heavy atom. The number of hydrogen-bond acceptors (Lipinski definition) is 11. The van der Waals surface area contributed by atoms with E-state index in [-0.39, 0.29) is 0 Å². The Bertz CT molecular complexity index is 683. The van der Waals surface area contributed by atoms with Crippen molar-refractivity contribution >= 4 is 41.4 Å². The van der Waals surface area contributed by atoms with Crippen molar-refractivity contribution < 1.29 is 0 Å². The quantitative estimate of drug-likeness (QED) is 0.415. The Labute approximate surface area is 156 Å². The molecule has 0 saturated carbocycles. The highest BCUT2D eigenvalue weighted by Crippen LogP contribution is 2.16. The van der Waals surface area contributed by atoms with Gasteiger partial charge in [0.25, 0.3) is 0 Å². The van der Waals surface area contributed by atoms with Gasteiger partial charge in [0.15, 0.2) is 10.3 Å². The summed E-state index contributed by atoms with van der Waals surface area (Å²) in [6, 6.07) is 0. The van der Waals surface area contributed by atoms with Crippen LogP contribution >= 0.6 is 23.5 Å². The molecule has 25 heavy (non-hydrogen) atoms. The topological polar surface area (TPSA) is 113 Å². The second kappa shape index (κ2) is 10.2. The SMILES string of the molecule is CCSc1nc(C)nc(NCCNc2nc(NC)nc(SCC)n2)n1. The van der Waals surface area contributed by atoms with Crippen molar-refractivity contribution in [1.29, 1.82) is 0 Å². The van der Waals surface area contributed by atoms with Crippen molar-refractivity contribution in [3.8, 4) is 0 Å². The zero-order chi connectivity index (χ0) is 18.1. The largest absolute Gasteiger partial charge is 0.357 e. The number of nitrogens with zero attached hydrogens (tertiary/aromatic N) is 6. The van der Waals surface area contributed by atoms with Gasteiger partial charge in [0.1, 0.15) is 5.82 Å².